The van der Waals surface area contributed by atoms with Crippen LogP contribution in [0.1, 0.15) is 34.2 Å². The third-order valence-electron chi connectivity index (χ3n) is 4.54. The highest BCUT2D eigenvalue weighted by Crippen LogP contribution is 2.30. The third-order valence-corrected chi connectivity index (χ3v) is 4.54. The lowest BCUT2D eigenvalue weighted by molar-refractivity contribution is 0.0691. The first-order valence-electron chi connectivity index (χ1n) is 8.31. The van der Waals surface area contributed by atoms with Gasteiger partial charge >= 0.3 is 5.97 Å². The maximum absolute atomic E-state index is 11.1. The van der Waals surface area contributed by atoms with Crippen LogP contribution in [0.4, 0.5) is 0 Å². The highest BCUT2D eigenvalue weighted by molar-refractivity contribution is 5.85. The Hall–Kier alpha value is -3.08. The fourth-order valence-corrected chi connectivity index (χ4v) is 3.25. The van der Waals surface area contributed by atoms with Gasteiger partial charge in [-0.2, -0.15) is 0 Å². The second-order valence-corrected chi connectivity index (χ2v) is 6.22. The number of fused-ring (bicyclic) bond motifs is 1. The van der Waals surface area contributed by atoms with Crippen LogP contribution in [0.5, 0.6) is 11.5 Å². The Morgan fingerprint density at radius 3 is 2.52 bits per heavy atom. The normalized spacial score (nSPS) is 16.2. The highest BCUT2D eigenvalue weighted by atomic mass is 16.5. The van der Waals surface area contributed by atoms with Gasteiger partial charge in [0.25, 0.3) is 0 Å². The number of aryl methyl sites for hydroxylation is 1. The number of aromatic carboxylic acids is 1. The molecule has 1 unspecified atom stereocenters. The summed E-state index contributed by atoms with van der Waals surface area (Å²) in [6, 6.07) is 17.8. The Bertz CT molecular complexity index is 885. The SMILES string of the molecule is O=C(O)c1cn2c(n1)CCC(c1ccc(Oc3ccccc3)cc1)C2. The molecular formula is C20H18N2O3. The molecule has 0 bridgehead atoms. The minimum absolute atomic E-state index is 0.127. The van der Waals surface area contributed by atoms with Gasteiger partial charge in [-0.25, -0.2) is 9.78 Å². The van der Waals surface area contributed by atoms with Crippen LogP contribution >= 0.6 is 0 Å². The summed E-state index contributed by atoms with van der Waals surface area (Å²) in [5.41, 5.74) is 1.36. The predicted octanol–water partition coefficient (Wildman–Crippen LogP) is 4.10. The van der Waals surface area contributed by atoms with Gasteiger partial charge in [0.1, 0.15) is 17.3 Å². The van der Waals surface area contributed by atoms with Crippen LogP contribution < -0.4 is 4.74 Å². The topological polar surface area (TPSA) is 64.3 Å². The Morgan fingerprint density at radius 1 is 1.08 bits per heavy atom. The molecule has 1 N–H and O–H groups in total. The van der Waals surface area contributed by atoms with Gasteiger partial charge < -0.3 is 14.4 Å². The molecule has 1 atom stereocenters. The molecule has 3 aromatic rings. The molecule has 0 amide bonds. The second-order valence-electron chi connectivity index (χ2n) is 6.22. The van der Waals surface area contributed by atoms with Crippen molar-refractivity contribution in [3.05, 3.63) is 77.9 Å². The van der Waals surface area contributed by atoms with Crippen molar-refractivity contribution in [2.24, 2.45) is 0 Å². The molecule has 0 spiro atoms. The van der Waals surface area contributed by atoms with Gasteiger partial charge in [-0.3, -0.25) is 0 Å². The molecule has 126 valence electrons. The molecule has 5 nitrogen and oxygen atoms in total. The summed E-state index contributed by atoms with van der Waals surface area (Å²) in [6.07, 6.45) is 3.39. The van der Waals surface area contributed by atoms with E-state index in [0.29, 0.717) is 5.92 Å². The van der Waals surface area contributed by atoms with Crippen LogP contribution in [0, 0.1) is 0 Å². The maximum atomic E-state index is 11.1. The summed E-state index contributed by atoms with van der Waals surface area (Å²) in [4.78, 5) is 15.3. The minimum Gasteiger partial charge on any atom is -0.476 e. The van der Waals surface area contributed by atoms with E-state index >= 15 is 0 Å². The molecule has 0 fully saturated rings. The summed E-state index contributed by atoms with van der Waals surface area (Å²) in [6.45, 7) is 0.758. The van der Waals surface area contributed by atoms with E-state index in [1.807, 2.05) is 47.0 Å². The Kier molecular flexibility index (Phi) is 3.98. The van der Waals surface area contributed by atoms with E-state index in [2.05, 4.69) is 17.1 Å². The first-order chi connectivity index (χ1) is 12.2. The van der Waals surface area contributed by atoms with Crippen molar-refractivity contribution >= 4 is 5.97 Å². The van der Waals surface area contributed by atoms with E-state index in [1.165, 1.54) is 5.56 Å². The van der Waals surface area contributed by atoms with Crippen molar-refractivity contribution in [2.75, 3.05) is 0 Å². The van der Waals surface area contributed by atoms with Crippen LogP contribution in [0.25, 0.3) is 0 Å². The van der Waals surface area contributed by atoms with Gasteiger partial charge in [-0.15, -0.1) is 0 Å². The number of para-hydroxylation sites is 1. The number of aromatic nitrogens is 2. The number of carbonyl (C=O) groups is 1. The molecular weight excluding hydrogens is 316 g/mol. The zero-order valence-corrected chi connectivity index (χ0v) is 13.6. The molecule has 2 heterocycles. The number of nitrogens with zero attached hydrogens (tertiary/aromatic N) is 2. The summed E-state index contributed by atoms with van der Waals surface area (Å²) in [5.74, 6) is 1.87. The largest absolute Gasteiger partial charge is 0.476 e. The number of carboxylic acids is 1. The van der Waals surface area contributed by atoms with E-state index in [9.17, 15) is 4.79 Å². The molecule has 0 aliphatic carbocycles. The number of hydrogen-bond donors (Lipinski definition) is 1. The van der Waals surface area contributed by atoms with Crippen molar-refractivity contribution in [2.45, 2.75) is 25.3 Å². The first-order valence-corrected chi connectivity index (χ1v) is 8.31. The van der Waals surface area contributed by atoms with Gasteiger partial charge in [0.05, 0.1) is 0 Å². The summed E-state index contributed by atoms with van der Waals surface area (Å²) < 4.78 is 7.79. The molecule has 5 heteroatoms. The number of hydrogen-bond acceptors (Lipinski definition) is 3. The standard InChI is InChI=1S/C20H18N2O3/c23-20(24)18-13-22-12-15(8-11-19(22)21-18)14-6-9-17(10-7-14)25-16-4-2-1-3-5-16/h1-7,9-10,13,15H,8,11-12H2,(H,23,24). The smallest absolute Gasteiger partial charge is 0.356 e. The molecule has 0 saturated carbocycles. The van der Waals surface area contributed by atoms with E-state index in [0.717, 1.165) is 36.7 Å². The zero-order valence-electron chi connectivity index (χ0n) is 13.6. The van der Waals surface area contributed by atoms with Crippen molar-refractivity contribution in [1.29, 1.82) is 0 Å². The maximum Gasteiger partial charge on any atom is 0.356 e. The molecule has 25 heavy (non-hydrogen) atoms. The van der Waals surface area contributed by atoms with Crippen LogP contribution in [0.3, 0.4) is 0 Å². The Labute approximate surface area is 145 Å². The van der Waals surface area contributed by atoms with Gasteiger partial charge in [0, 0.05) is 25.1 Å². The van der Waals surface area contributed by atoms with Crippen LogP contribution in [0.2, 0.25) is 0 Å². The quantitative estimate of drug-likeness (QED) is 0.780. The molecule has 4 rings (SSSR count). The Morgan fingerprint density at radius 2 is 1.80 bits per heavy atom. The third kappa shape index (κ3) is 3.26. The lowest BCUT2D eigenvalue weighted by Crippen LogP contribution is -2.18. The van der Waals surface area contributed by atoms with Gasteiger partial charge in [0.15, 0.2) is 5.69 Å². The lowest BCUT2D eigenvalue weighted by atomic mass is 9.91. The van der Waals surface area contributed by atoms with E-state index in [1.54, 1.807) is 6.20 Å². The molecule has 2 aromatic carbocycles. The van der Waals surface area contributed by atoms with Gasteiger partial charge in [-0.1, -0.05) is 30.3 Å². The molecule has 1 aromatic heterocycles. The van der Waals surface area contributed by atoms with Crippen LogP contribution in [0.15, 0.2) is 60.8 Å². The average molecular weight is 334 g/mol. The zero-order chi connectivity index (χ0) is 17.2. The number of carboxylic acid groups (broad SMARTS) is 1. The summed E-state index contributed by atoms with van der Waals surface area (Å²) >= 11 is 0. The highest BCUT2D eigenvalue weighted by Gasteiger charge is 2.23. The van der Waals surface area contributed by atoms with Crippen molar-refractivity contribution < 1.29 is 14.6 Å². The minimum atomic E-state index is -0.971. The fourth-order valence-electron chi connectivity index (χ4n) is 3.25. The fraction of sp³-hybridized carbons (Fsp3) is 0.200. The van der Waals surface area contributed by atoms with Crippen molar-refractivity contribution in [3.8, 4) is 11.5 Å². The first kappa shape index (κ1) is 15.4. The molecule has 1 aliphatic rings. The molecule has 0 saturated heterocycles. The number of benzene rings is 2. The van der Waals surface area contributed by atoms with Gasteiger partial charge in [0.2, 0.25) is 0 Å². The predicted molar refractivity (Wildman–Crippen MR) is 93.2 cm³/mol. The molecule has 0 radical (unpaired) electrons. The summed E-state index contributed by atoms with van der Waals surface area (Å²) in [7, 11) is 0. The van der Waals surface area contributed by atoms with E-state index < -0.39 is 5.97 Å². The summed E-state index contributed by atoms with van der Waals surface area (Å²) in [5, 5.41) is 9.08. The monoisotopic (exact) mass is 334 g/mol. The van der Waals surface area contributed by atoms with Crippen LogP contribution in [-0.4, -0.2) is 20.6 Å². The van der Waals surface area contributed by atoms with Crippen molar-refractivity contribution in [3.63, 3.8) is 0 Å². The van der Waals surface area contributed by atoms with Crippen molar-refractivity contribution in [1.82, 2.24) is 9.55 Å². The molecule has 1 aliphatic heterocycles. The number of imidazole rings is 1. The second kappa shape index (κ2) is 6.43. The van der Waals surface area contributed by atoms with E-state index in [4.69, 9.17) is 9.84 Å². The Balaban J connectivity index is 1.48. The number of rotatable bonds is 4. The van der Waals surface area contributed by atoms with E-state index in [-0.39, 0.29) is 5.69 Å². The van der Waals surface area contributed by atoms with Crippen LogP contribution in [-0.2, 0) is 13.0 Å². The average Bonchev–Trinajstić information content (AvgIpc) is 3.07. The lowest BCUT2D eigenvalue weighted by Gasteiger charge is -2.24. The number of ether oxygens (including phenoxy) is 1. The van der Waals surface area contributed by atoms with Gasteiger partial charge in [-0.05, 0) is 36.2 Å².